The van der Waals surface area contributed by atoms with Crippen LogP contribution in [0, 0.1) is 5.92 Å². The van der Waals surface area contributed by atoms with Gasteiger partial charge in [0.25, 0.3) is 0 Å². The second-order valence-corrected chi connectivity index (χ2v) is 5.48. The van der Waals surface area contributed by atoms with E-state index < -0.39 is 0 Å². The smallest absolute Gasteiger partial charge is 0.0695 e. The highest BCUT2D eigenvalue weighted by atomic mass is 16.3. The Hall–Kier alpha value is -0.120. The number of hydrogen-bond acceptors (Lipinski definition) is 3. The predicted molar refractivity (Wildman–Crippen MR) is 66.5 cm³/mol. The summed E-state index contributed by atoms with van der Waals surface area (Å²) in [5.41, 5.74) is 0. The summed E-state index contributed by atoms with van der Waals surface area (Å²) in [5, 5.41) is 13.4. The summed E-state index contributed by atoms with van der Waals surface area (Å²) >= 11 is 0. The van der Waals surface area contributed by atoms with Gasteiger partial charge in [-0.2, -0.15) is 0 Å². The van der Waals surface area contributed by atoms with Crippen LogP contribution in [0.3, 0.4) is 0 Å². The lowest BCUT2D eigenvalue weighted by Crippen LogP contribution is -2.50. The second kappa shape index (κ2) is 5.99. The number of hydrogen-bond donors (Lipinski definition) is 2. The molecule has 2 fully saturated rings. The third-order valence-electron chi connectivity index (χ3n) is 4.21. The molecule has 94 valence electrons. The lowest BCUT2D eigenvalue weighted by Gasteiger charge is -2.42. The minimum absolute atomic E-state index is 0.0675. The first-order valence-electron chi connectivity index (χ1n) is 6.88. The molecule has 16 heavy (non-hydrogen) atoms. The van der Waals surface area contributed by atoms with E-state index in [2.05, 4.69) is 10.2 Å². The SMILES string of the molecule is CNCC1CCCN(C2CCCCC2O)C1. The fraction of sp³-hybridized carbons (Fsp3) is 1.00. The summed E-state index contributed by atoms with van der Waals surface area (Å²) in [7, 11) is 2.04. The lowest BCUT2D eigenvalue weighted by molar-refractivity contribution is 0.000512. The molecular weight excluding hydrogens is 200 g/mol. The third-order valence-corrected chi connectivity index (χ3v) is 4.21. The lowest BCUT2D eigenvalue weighted by atomic mass is 9.88. The number of aliphatic hydroxyl groups excluding tert-OH is 1. The van der Waals surface area contributed by atoms with Gasteiger partial charge < -0.3 is 10.4 Å². The largest absolute Gasteiger partial charge is 0.391 e. The maximum Gasteiger partial charge on any atom is 0.0695 e. The van der Waals surface area contributed by atoms with Crippen molar-refractivity contribution in [2.45, 2.75) is 50.7 Å². The molecule has 2 aliphatic rings. The highest BCUT2D eigenvalue weighted by molar-refractivity contribution is 4.86. The van der Waals surface area contributed by atoms with Gasteiger partial charge in [0.1, 0.15) is 0 Å². The fourth-order valence-electron chi connectivity index (χ4n) is 3.37. The van der Waals surface area contributed by atoms with Gasteiger partial charge in [0, 0.05) is 12.6 Å². The molecular formula is C13H26N2O. The Labute approximate surface area is 99.2 Å². The normalized spacial score (nSPS) is 37.5. The average molecular weight is 226 g/mol. The molecule has 1 saturated carbocycles. The van der Waals surface area contributed by atoms with Gasteiger partial charge in [-0.05, 0) is 51.7 Å². The van der Waals surface area contributed by atoms with Crippen molar-refractivity contribution in [1.82, 2.24) is 10.2 Å². The van der Waals surface area contributed by atoms with Gasteiger partial charge in [-0.3, -0.25) is 4.90 Å². The summed E-state index contributed by atoms with van der Waals surface area (Å²) in [6, 6.07) is 0.452. The molecule has 0 aromatic rings. The number of rotatable bonds is 3. The number of nitrogens with zero attached hydrogens (tertiary/aromatic N) is 1. The Morgan fingerprint density at radius 1 is 1.19 bits per heavy atom. The summed E-state index contributed by atoms with van der Waals surface area (Å²) in [5.74, 6) is 0.785. The van der Waals surface area contributed by atoms with E-state index in [1.165, 1.54) is 45.2 Å². The monoisotopic (exact) mass is 226 g/mol. The van der Waals surface area contributed by atoms with Crippen LogP contribution >= 0.6 is 0 Å². The van der Waals surface area contributed by atoms with Crippen LogP contribution in [-0.4, -0.2) is 48.8 Å². The first-order chi connectivity index (χ1) is 7.81. The maximum absolute atomic E-state index is 10.1. The topological polar surface area (TPSA) is 35.5 Å². The molecule has 0 bridgehead atoms. The Morgan fingerprint density at radius 2 is 2.00 bits per heavy atom. The molecule has 2 N–H and O–H groups in total. The Balaban J connectivity index is 1.87. The number of aliphatic hydroxyl groups is 1. The highest BCUT2D eigenvalue weighted by Gasteiger charge is 2.31. The summed E-state index contributed by atoms with van der Waals surface area (Å²) < 4.78 is 0. The van der Waals surface area contributed by atoms with Crippen molar-refractivity contribution in [2.24, 2.45) is 5.92 Å². The number of likely N-dealkylation sites (tertiary alicyclic amines) is 1. The van der Waals surface area contributed by atoms with Crippen molar-refractivity contribution >= 4 is 0 Å². The van der Waals surface area contributed by atoms with Crippen LogP contribution in [0.2, 0.25) is 0 Å². The molecule has 1 aliphatic carbocycles. The summed E-state index contributed by atoms with van der Waals surface area (Å²) in [4.78, 5) is 2.55. The maximum atomic E-state index is 10.1. The predicted octanol–water partition coefficient (Wildman–Crippen LogP) is 1.22. The van der Waals surface area contributed by atoms with Crippen molar-refractivity contribution in [3.05, 3.63) is 0 Å². The van der Waals surface area contributed by atoms with Gasteiger partial charge in [-0.25, -0.2) is 0 Å². The van der Waals surface area contributed by atoms with E-state index in [1.807, 2.05) is 7.05 Å². The highest BCUT2D eigenvalue weighted by Crippen LogP contribution is 2.27. The quantitative estimate of drug-likeness (QED) is 0.759. The van der Waals surface area contributed by atoms with Crippen LogP contribution in [0.4, 0.5) is 0 Å². The minimum Gasteiger partial charge on any atom is -0.391 e. The van der Waals surface area contributed by atoms with Crippen LogP contribution in [0.1, 0.15) is 38.5 Å². The molecule has 0 aromatic heterocycles. The summed E-state index contributed by atoms with van der Waals surface area (Å²) in [6.07, 6.45) is 7.31. The van der Waals surface area contributed by atoms with Crippen molar-refractivity contribution in [2.75, 3.05) is 26.7 Å². The molecule has 0 radical (unpaired) electrons. The van der Waals surface area contributed by atoms with Crippen molar-refractivity contribution in [1.29, 1.82) is 0 Å². The number of piperidine rings is 1. The molecule has 0 aromatic carbocycles. The Morgan fingerprint density at radius 3 is 2.75 bits per heavy atom. The van der Waals surface area contributed by atoms with Crippen LogP contribution < -0.4 is 5.32 Å². The average Bonchev–Trinajstić information content (AvgIpc) is 2.30. The molecule has 1 heterocycles. The van der Waals surface area contributed by atoms with E-state index in [9.17, 15) is 5.11 Å². The van der Waals surface area contributed by atoms with E-state index in [0.717, 1.165) is 18.9 Å². The van der Waals surface area contributed by atoms with Crippen LogP contribution in [0.25, 0.3) is 0 Å². The summed E-state index contributed by atoms with van der Waals surface area (Å²) in [6.45, 7) is 3.50. The van der Waals surface area contributed by atoms with Crippen molar-refractivity contribution in [3.63, 3.8) is 0 Å². The molecule has 3 nitrogen and oxygen atoms in total. The van der Waals surface area contributed by atoms with Crippen LogP contribution in [0.15, 0.2) is 0 Å². The van der Waals surface area contributed by atoms with Gasteiger partial charge >= 0.3 is 0 Å². The zero-order valence-corrected chi connectivity index (χ0v) is 10.5. The standard InChI is InChI=1S/C13H26N2O/c1-14-9-11-5-4-8-15(10-11)12-6-2-3-7-13(12)16/h11-14,16H,2-10H2,1H3. The molecule has 1 aliphatic heterocycles. The molecule has 0 spiro atoms. The molecule has 3 unspecified atom stereocenters. The molecule has 2 rings (SSSR count). The van der Waals surface area contributed by atoms with Gasteiger partial charge in [0.15, 0.2) is 0 Å². The first-order valence-corrected chi connectivity index (χ1v) is 6.88. The zero-order valence-electron chi connectivity index (χ0n) is 10.5. The van der Waals surface area contributed by atoms with E-state index >= 15 is 0 Å². The second-order valence-electron chi connectivity index (χ2n) is 5.48. The number of nitrogens with one attached hydrogen (secondary N) is 1. The van der Waals surface area contributed by atoms with Gasteiger partial charge in [-0.15, -0.1) is 0 Å². The van der Waals surface area contributed by atoms with Gasteiger partial charge in [0.2, 0.25) is 0 Å². The van der Waals surface area contributed by atoms with E-state index in [-0.39, 0.29) is 6.10 Å². The van der Waals surface area contributed by atoms with Crippen LogP contribution in [-0.2, 0) is 0 Å². The minimum atomic E-state index is -0.0675. The van der Waals surface area contributed by atoms with E-state index in [1.54, 1.807) is 0 Å². The molecule has 3 atom stereocenters. The van der Waals surface area contributed by atoms with Crippen molar-refractivity contribution in [3.8, 4) is 0 Å². The van der Waals surface area contributed by atoms with E-state index in [0.29, 0.717) is 6.04 Å². The third kappa shape index (κ3) is 2.96. The Kier molecular flexibility index (Phi) is 4.62. The fourth-order valence-corrected chi connectivity index (χ4v) is 3.37. The zero-order chi connectivity index (χ0) is 11.4. The first kappa shape index (κ1) is 12.3. The Bertz CT molecular complexity index is 208. The van der Waals surface area contributed by atoms with Gasteiger partial charge in [0.05, 0.1) is 6.10 Å². The van der Waals surface area contributed by atoms with Gasteiger partial charge in [-0.1, -0.05) is 12.8 Å². The molecule has 0 amide bonds. The van der Waals surface area contributed by atoms with Crippen LogP contribution in [0.5, 0.6) is 0 Å². The molecule has 1 saturated heterocycles. The van der Waals surface area contributed by atoms with E-state index in [4.69, 9.17) is 0 Å². The molecule has 3 heteroatoms. The van der Waals surface area contributed by atoms with Crippen molar-refractivity contribution < 1.29 is 5.11 Å².